The fraction of sp³-hybridized carbons (Fsp3) is 0.600. The minimum Gasteiger partial charge on any atom is -0.313 e. The molecule has 2 rings (SSSR count). The van der Waals surface area contributed by atoms with Gasteiger partial charge in [-0.2, -0.15) is 0 Å². The Morgan fingerprint density at radius 1 is 1.35 bits per heavy atom. The summed E-state index contributed by atoms with van der Waals surface area (Å²) in [4.78, 5) is 2.64. The second kappa shape index (κ2) is 6.18. The van der Waals surface area contributed by atoms with Gasteiger partial charge in [0.05, 0.1) is 0 Å². The van der Waals surface area contributed by atoms with E-state index < -0.39 is 0 Å². The first-order chi connectivity index (χ1) is 8.31. The molecule has 0 aromatic heterocycles. The van der Waals surface area contributed by atoms with E-state index >= 15 is 0 Å². The van der Waals surface area contributed by atoms with E-state index in [0.717, 1.165) is 13.1 Å². The maximum Gasteiger partial charge on any atom is 0.0346 e. The van der Waals surface area contributed by atoms with Gasteiger partial charge in [0.2, 0.25) is 0 Å². The van der Waals surface area contributed by atoms with Gasteiger partial charge in [-0.25, -0.2) is 0 Å². The first kappa shape index (κ1) is 12.6. The molecule has 0 radical (unpaired) electrons. The molecule has 2 atom stereocenters. The summed E-state index contributed by atoms with van der Waals surface area (Å²) in [5, 5.41) is 3.56. The zero-order valence-electron chi connectivity index (χ0n) is 11.0. The molecule has 0 saturated carbocycles. The maximum absolute atomic E-state index is 3.56. The first-order valence-electron chi connectivity index (χ1n) is 6.83. The topological polar surface area (TPSA) is 15.3 Å². The highest BCUT2D eigenvalue weighted by atomic mass is 15.2. The van der Waals surface area contributed by atoms with E-state index in [1.165, 1.54) is 24.9 Å². The molecule has 1 heterocycles. The smallest absolute Gasteiger partial charge is 0.0346 e. The lowest BCUT2D eigenvalue weighted by atomic mass is 10.0. The number of rotatable bonds is 3. The molecular weight excluding hydrogens is 208 g/mol. The van der Waals surface area contributed by atoms with E-state index in [1.807, 2.05) is 0 Å². The van der Waals surface area contributed by atoms with Crippen LogP contribution in [0.15, 0.2) is 30.3 Å². The number of nitrogens with zero attached hydrogens (tertiary/aromatic N) is 1. The monoisotopic (exact) mass is 232 g/mol. The molecule has 2 heteroatoms. The molecular formula is C15H24N2. The van der Waals surface area contributed by atoms with Gasteiger partial charge in [0.1, 0.15) is 0 Å². The molecule has 94 valence electrons. The summed E-state index contributed by atoms with van der Waals surface area (Å²) in [7, 11) is 0. The van der Waals surface area contributed by atoms with Crippen molar-refractivity contribution in [2.75, 3.05) is 19.6 Å². The van der Waals surface area contributed by atoms with E-state index in [0.29, 0.717) is 12.1 Å². The van der Waals surface area contributed by atoms with E-state index in [4.69, 9.17) is 0 Å². The lowest BCUT2D eigenvalue weighted by Gasteiger charge is -2.31. The second-order valence-corrected chi connectivity index (χ2v) is 5.04. The summed E-state index contributed by atoms with van der Waals surface area (Å²) in [5.41, 5.74) is 1.46. The molecule has 2 nitrogen and oxygen atoms in total. The zero-order valence-corrected chi connectivity index (χ0v) is 11.0. The summed E-state index contributed by atoms with van der Waals surface area (Å²) >= 11 is 0. The van der Waals surface area contributed by atoms with Gasteiger partial charge in [0, 0.05) is 25.2 Å². The summed E-state index contributed by atoms with van der Waals surface area (Å²) in [6.45, 7) is 8.11. The predicted molar refractivity (Wildman–Crippen MR) is 73.1 cm³/mol. The Morgan fingerprint density at radius 3 is 2.82 bits per heavy atom. The van der Waals surface area contributed by atoms with Gasteiger partial charge >= 0.3 is 0 Å². The number of benzene rings is 1. The summed E-state index contributed by atoms with van der Waals surface area (Å²) in [6.07, 6.45) is 2.45. The van der Waals surface area contributed by atoms with Crippen LogP contribution >= 0.6 is 0 Å². The van der Waals surface area contributed by atoms with Crippen LogP contribution in [0.5, 0.6) is 0 Å². The van der Waals surface area contributed by atoms with Gasteiger partial charge < -0.3 is 5.32 Å². The Kier molecular flexibility index (Phi) is 4.57. The van der Waals surface area contributed by atoms with Crippen molar-refractivity contribution in [3.63, 3.8) is 0 Å². The molecule has 17 heavy (non-hydrogen) atoms. The van der Waals surface area contributed by atoms with Crippen LogP contribution in [0.3, 0.4) is 0 Å². The van der Waals surface area contributed by atoms with Crippen LogP contribution < -0.4 is 5.32 Å². The third-order valence-corrected chi connectivity index (χ3v) is 3.64. The summed E-state index contributed by atoms with van der Waals surface area (Å²) < 4.78 is 0. The van der Waals surface area contributed by atoms with Crippen LogP contribution in [-0.4, -0.2) is 30.6 Å². The first-order valence-corrected chi connectivity index (χ1v) is 6.83. The molecule has 0 spiro atoms. The molecule has 1 saturated heterocycles. The van der Waals surface area contributed by atoms with Crippen molar-refractivity contribution >= 4 is 0 Å². The summed E-state index contributed by atoms with van der Waals surface area (Å²) in [5.74, 6) is 0. The Bertz CT molecular complexity index is 323. The highest BCUT2D eigenvalue weighted by molar-refractivity contribution is 5.19. The molecule has 1 aromatic carbocycles. The Labute approximate surface area is 105 Å². The van der Waals surface area contributed by atoms with Crippen LogP contribution in [0.4, 0.5) is 0 Å². The molecule has 1 aliphatic rings. The second-order valence-electron chi connectivity index (χ2n) is 5.04. The number of hydrogen-bond donors (Lipinski definition) is 1. The van der Waals surface area contributed by atoms with Crippen molar-refractivity contribution in [3.05, 3.63) is 35.9 Å². The van der Waals surface area contributed by atoms with Crippen molar-refractivity contribution in [3.8, 4) is 0 Å². The molecule has 1 aromatic rings. The highest BCUT2D eigenvalue weighted by Crippen LogP contribution is 2.25. The lowest BCUT2D eigenvalue weighted by Crippen LogP contribution is -2.37. The Morgan fingerprint density at radius 2 is 2.12 bits per heavy atom. The third-order valence-electron chi connectivity index (χ3n) is 3.64. The van der Waals surface area contributed by atoms with Crippen LogP contribution in [0.25, 0.3) is 0 Å². The van der Waals surface area contributed by atoms with Crippen LogP contribution in [0, 0.1) is 0 Å². The van der Waals surface area contributed by atoms with Crippen molar-refractivity contribution in [1.29, 1.82) is 0 Å². The zero-order chi connectivity index (χ0) is 12.1. The van der Waals surface area contributed by atoms with Gasteiger partial charge in [-0.1, -0.05) is 37.3 Å². The Hall–Kier alpha value is -0.860. The standard InChI is InChI=1S/C15H24N2/c1-3-15(14-8-5-4-6-9-14)17-11-7-10-16-13(2)12-17/h4-6,8-9,13,15-16H,3,7,10-12H2,1-2H3. The minimum absolute atomic E-state index is 0.582. The van der Waals surface area contributed by atoms with Crippen LogP contribution in [0.1, 0.15) is 38.3 Å². The molecule has 2 unspecified atom stereocenters. The molecule has 0 aliphatic carbocycles. The maximum atomic E-state index is 3.56. The highest BCUT2D eigenvalue weighted by Gasteiger charge is 2.21. The molecule has 1 N–H and O–H groups in total. The number of nitrogens with one attached hydrogen (secondary N) is 1. The lowest BCUT2D eigenvalue weighted by molar-refractivity contribution is 0.192. The van der Waals surface area contributed by atoms with Crippen molar-refractivity contribution in [2.45, 2.75) is 38.8 Å². The molecule has 0 amide bonds. The van der Waals surface area contributed by atoms with E-state index in [9.17, 15) is 0 Å². The number of hydrogen-bond acceptors (Lipinski definition) is 2. The largest absolute Gasteiger partial charge is 0.313 e. The fourth-order valence-electron chi connectivity index (χ4n) is 2.80. The van der Waals surface area contributed by atoms with Crippen LogP contribution in [-0.2, 0) is 0 Å². The van der Waals surface area contributed by atoms with E-state index in [-0.39, 0.29) is 0 Å². The molecule has 1 aliphatic heterocycles. The van der Waals surface area contributed by atoms with Crippen molar-refractivity contribution < 1.29 is 0 Å². The SMILES string of the molecule is CCC(c1ccccc1)N1CCCNC(C)C1. The average Bonchev–Trinajstić information content (AvgIpc) is 2.56. The minimum atomic E-state index is 0.582. The van der Waals surface area contributed by atoms with Crippen LogP contribution in [0.2, 0.25) is 0 Å². The average molecular weight is 232 g/mol. The van der Waals surface area contributed by atoms with E-state index in [2.05, 4.69) is 54.4 Å². The summed E-state index contributed by atoms with van der Waals surface area (Å²) in [6, 6.07) is 12.1. The molecule has 1 fully saturated rings. The van der Waals surface area contributed by atoms with Gasteiger partial charge in [-0.3, -0.25) is 4.90 Å². The van der Waals surface area contributed by atoms with Gasteiger partial charge in [0.15, 0.2) is 0 Å². The van der Waals surface area contributed by atoms with Gasteiger partial charge in [0.25, 0.3) is 0 Å². The van der Waals surface area contributed by atoms with Crippen molar-refractivity contribution in [1.82, 2.24) is 10.2 Å². The fourth-order valence-corrected chi connectivity index (χ4v) is 2.80. The van der Waals surface area contributed by atoms with Gasteiger partial charge in [-0.15, -0.1) is 0 Å². The van der Waals surface area contributed by atoms with Crippen molar-refractivity contribution in [2.24, 2.45) is 0 Å². The molecule has 0 bridgehead atoms. The Balaban J connectivity index is 2.11. The normalized spacial score (nSPS) is 24.2. The predicted octanol–water partition coefficient (Wildman–Crippen LogP) is 2.82. The third kappa shape index (κ3) is 3.30. The quantitative estimate of drug-likeness (QED) is 0.862. The van der Waals surface area contributed by atoms with Gasteiger partial charge in [-0.05, 0) is 31.9 Å². The van der Waals surface area contributed by atoms with E-state index in [1.54, 1.807) is 0 Å².